The molecule has 19 heavy (non-hydrogen) atoms. The molecule has 0 spiro atoms. The van der Waals surface area contributed by atoms with Gasteiger partial charge in [-0.15, -0.1) is 0 Å². The monoisotopic (exact) mass is 257 g/mol. The van der Waals surface area contributed by atoms with Gasteiger partial charge < -0.3 is 5.73 Å². The van der Waals surface area contributed by atoms with Gasteiger partial charge in [-0.25, -0.2) is 4.98 Å². The first kappa shape index (κ1) is 13.4. The quantitative estimate of drug-likeness (QED) is 0.893. The van der Waals surface area contributed by atoms with Crippen molar-refractivity contribution < 1.29 is 0 Å². The number of nitrogens with two attached hydrogens (primary N) is 1. The van der Waals surface area contributed by atoms with Gasteiger partial charge in [0.15, 0.2) is 5.82 Å². The average molecular weight is 257 g/mol. The Bertz CT molecular complexity index is 587. The lowest BCUT2D eigenvalue weighted by molar-refractivity contribution is 0.544. The third kappa shape index (κ3) is 2.86. The number of aryl methyl sites for hydroxylation is 1. The fourth-order valence-electron chi connectivity index (χ4n) is 1.76. The second-order valence-electron chi connectivity index (χ2n) is 5.46. The molecule has 0 radical (unpaired) electrons. The van der Waals surface area contributed by atoms with E-state index >= 15 is 0 Å². The molecular weight excluding hydrogens is 238 g/mol. The van der Waals surface area contributed by atoms with E-state index in [1.807, 2.05) is 32.9 Å². The minimum absolute atomic E-state index is 0.174. The van der Waals surface area contributed by atoms with Gasteiger partial charge in [-0.2, -0.15) is 9.97 Å². The van der Waals surface area contributed by atoms with E-state index in [9.17, 15) is 0 Å². The lowest BCUT2D eigenvalue weighted by atomic mass is 9.96. The molecule has 0 aliphatic heterocycles. The van der Waals surface area contributed by atoms with Crippen LogP contribution < -0.4 is 5.73 Å². The first-order chi connectivity index (χ1) is 8.91. The van der Waals surface area contributed by atoms with E-state index in [2.05, 4.69) is 26.9 Å². The van der Waals surface area contributed by atoms with Crippen molar-refractivity contribution in [3.05, 3.63) is 29.7 Å². The van der Waals surface area contributed by atoms with E-state index in [-0.39, 0.29) is 11.4 Å². The van der Waals surface area contributed by atoms with Crippen LogP contribution in [0.25, 0.3) is 11.5 Å². The molecule has 2 N–H and O–H groups in total. The predicted octanol–water partition coefficient (Wildman–Crippen LogP) is 2.38. The molecular formula is C14H19N5. The number of aromatic nitrogens is 4. The Labute approximate surface area is 113 Å². The first-order valence-corrected chi connectivity index (χ1v) is 6.38. The van der Waals surface area contributed by atoms with Gasteiger partial charge in [0, 0.05) is 11.6 Å². The summed E-state index contributed by atoms with van der Waals surface area (Å²) >= 11 is 0. The van der Waals surface area contributed by atoms with Crippen LogP contribution >= 0.6 is 0 Å². The molecule has 0 saturated carbocycles. The molecule has 0 unspecified atom stereocenters. The fraction of sp³-hybridized carbons (Fsp3) is 0.429. The van der Waals surface area contributed by atoms with Crippen LogP contribution in [0.15, 0.2) is 18.3 Å². The van der Waals surface area contributed by atoms with Crippen LogP contribution in [0.2, 0.25) is 0 Å². The molecule has 5 heteroatoms. The normalized spacial score (nSPS) is 11.6. The van der Waals surface area contributed by atoms with Crippen molar-refractivity contribution in [2.45, 2.75) is 39.5 Å². The number of hydrogen-bond donors (Lipinski definition) is 1. The average Bonchev–Trinajstić information content (AvgIpc) is 2.37. The maximum absolute atomic E-state index is 5.79. The highest BCUT2D eigenvalue weighted by molar-refractivity contribution is 5.55. The zero-order valence-corrected chi connectivity index (χ0v) is 11.8. The van der Waals surface area contributed by atoms with Crippen molar-refractivity contribution in [2.24, 2.45) is 0 Å². The smallest absolute Gasteiger partial charge is 0.223 e. The van der Waals surface area contributed by atoms with Crippen LogP contribution in [0.3, 0.4) is 0 Å². The Balaban J connectivity index is 2.60. The summed E-state index contributed by atoms with van der Waals surface area (Å²) in [6.07, 6.45) is 2.62. The van der Waals surface area contributed by atoms with Gasteiger partial charge in [-0.3, -0.25) is 4.98 Å². The fourth-order valence-corrected chi connectivity index (χ4v) is 1.76. The van der Waals surface area contributed by atoms with E-state index < -0.39 is 0 Å². The van der Waals surface area contributed by atoms with E-state index in [4.69, 9.17) is 5.73 Å². The van der Waals surface area contributed by atoms with Crippen LogP contribution in [0.5, 0.6) is 0 Å². The molecule has 100 valence electrons. The lowest BCUT2D eigenvalue weighted by Gasteiger charge is -2.17. The summed E-state index contributed by atoms with van der Waals surface area (Å²) in [6.45, 7) is 8.22. The van der Waals surface area contributed by atoms with Gasteiger partial charge in [0.25, 0.3) is 0 Å². The van der Waals surface area contributed by atoms with Crippen molar-refractivity contribution in [1.82, 2.24) is 19.9 Å². The Kier molecular flexibility index (Phi) is 3.46. The molecule has 0 aliphatic carbocycles. The van der Waals surface area contributed by atoms with Gasteiger partial charge >= 0.3 is 0 Å². The number of nitrogens with zero attached hydrogens (tertiary/aromatic N) is 4. The first-order valence-electron chi connectivity index (χ1n) is 6.38. The zero-order valence-electron chi connectivity index (χ0n) is 11.8. The van der Waals surface area contributed by atoms with Crippen molar-refractivity contribution in [3.63, 3.8) is 0 Å². The summed E-state index contributed by atoms with van der Waals surface area (Å²) in [5, 5.41) is 0. The molecule has 0 fully saturated rings. The van der Waals surface area contributed by atoms with E-state index in [1.54, 1.807) is 6.20 Å². The SMILES string of the molecule is CCc1cccnc1-c1nc(N)nc(C(C)(C)C)n1. The highest BCUT2D eigenvalue weighted by Crippen LogP contribution is 2.23. The predicted molar refractivity (Wildman–Crippen MR) is 75.5 cm³/mol. The number of hydrogen-bond acceptors (Lipinski definition) is 5. The van der Waals surface area contributed by atoms with Gasteiger partial charge in [0.2, 0.25) is 5.95 Å². The second kappa shape index (κ2) is 4.91. The minimum atomic E-state index is -0.174. The standard InChI is InChI=1S/C14H19N5/c1-5-9-7-6-8-16-10(9)11-17-12(14(2,3)4)19-13(15)18-11/h6-8H,5H2,1-4H3,(H2,15,17,18,19). The highest BCUT2D eigenvalue weighted by Gasteiger charge is 2.20. The second-order valence-corrected chi connectivity index (χ2v) is 5.46. The van der Waals surface area contributed by atoms with Crippen LogP contribution in [0.1, 0.15) is 39.1 Å². The maximum Gasteiger partial charge on any atom is 0.223 e. The summed E-state index contributed by atoms with van der Waals surface area (Å²) in [5.41, 5.74) is 7.51. The summed E-state index contributed by atoms with van der Waals surface area (Å²) < 4.78 is 0. The number of anilines is 1. The Morgan fingerprint density at radius 1 is 1.16 bits per heavy atom. The molecule has 2 aromatic heterocycles. The maximum atomic E-state index is 5.79. The van der Waals surface area contributed by atoms with E-state index in [1.165, 1.54) is 0 Å². The summed E-state index contributed by atoms with van der Waals surface area (Å²) in [6, 6.07) is 3.94. The molecule has 5 nitrogen and oxygen atoms in total. The number of pyridine rings is 1. The molecule has 0 aromatic carbocycles. The van der Waals surface area contributed by atoms with Gasteiger partial charge in [-0.05, 0) is 18.1 Å². The topological polar surface area (TPSA) is 77.6 Å². The molecule has 0 atom stereocenters. The summed E-state index contributed by atoms with van der Waals surface area (Å²) in [7, 11) is 0. The molecule has 0 aliphatic rings. The van der Waals surface area contributed by atoms with Crippen molar-refractivity contribution in [2.75, 3.05) is 5.73 Å². The van der Waals surface area contributed by atoms with Crippen molar-refractivity contribution in [3.8, 4) is 11.5 Å². The molecule has 0 saturated heterocycles. The minimum Gasteiger partial charge on any atom is -0.368 e. The zero-order chi connectivity index (χ0) is 14.0. The van der Waals surface area contributed by atoms with Crippen molar-refractivity contribution in [1.29, 1.82) is 0 Å². The van der Waals surface area contributed by atoms with Crippen LogP contribution in [-0.2, 0) is 11.8 Å². The highest BCUT2D eigenvalue weighted by atomic mass is 15.1. The largest absolute Gasteiger partial charge is 0.368 e. The van der Waals surface area contributed by atoms with Crippen molar-refractivity contribution >= 4 is 5.95 Å². The van der Waals surface area contributed by atoms with E-state index in [0.717, 1.165) is 17.7 Å². The van der Waals surface area contributed by atoms with Gasteiger partial charge in [-0.1, -0.05) is 33.8 Å². The summed E-state index contributed by atoms with van der Waals surface area (Å²) in [4.78, 5) is 17.3. The molecule has 2 aromatic rings. The van der Waals surface area contributed by atoms with Gasteiger partial charge in [0.05, 0.1) is 0 Å². The van der Waals surface area contributed by atoms with Crippen LogP contribution in [0.4, 0.5) is 5.95 Å². The number of nitrogen functional groups attached to an aromatic ring is 1. The van der Waals surface area contributed by atoms with Crippen LogP contribution in [0, 0.1) is 0 Å². The molecule has 0 amide bonds. The van der Waals surface area contributed by atoms with Crippen LogP contribution in [-0.4, -0.2) is 19.9 Å². The third-order valence-electron chi connectivity index (χ3n) is 2.81. The Morgan fingerprint density at radius 3 is 2.53 bits per heavy atom. The lowest BCUT2D eigenvalue weighted by Crippen LogP contribution is -2.18. The summed E-state index contributed by atoms with van der Waals surface area (Å²) in [5.74, 6) is 1.47. The molecule has 0 bridgehead atoms. The number of rotatable bonds is 2. The Morgan fingerprint density at radius 2 is 1.89 bits per heavy atom. The third-order valence-corrected chi connectivity index (χ3v) is 2.81. The van der Waals surface area contributed by atoms with Gasteiger partial charge in [0.1, 0.15) is 11.5 Å². The van der Waals surface area contributed by atoms with E-state index in [0.29, 0.717) is 11.6 Å². The Hall–Kier alpha value is -2.04. The molecule has 2 heterocycles. The molecule has 2 rings (SSSR count).